The van der Waals surface area contributed by atoms with Crippen LogP contribution in [0.15, 0.2) is 54.6 Å². The molecule has 2 N–H and O–H groups in total. The van der Waals surface area contributed by atoms with Crippen LogP contribution in [0.2, 0.25) is 0 Å². The van der Waals surface area contributed by atoms with Crippen molar-refractivity contribution in [3.63, 3.8) is 0 Å². The molecule has 0 spiro atoms. The molecule has 0 radical (unpaired) electrons. The molecule has 2 atom stereocenters. The van der Waals surface area contributed by atoms with Gasteiger partial charge in [-0.1, -0.05) is 48.0 Å². The highest BCUT2D eigenvalue weighted by Crippen LogP contribution is 2.28. The van der Waals surface area contributed by atoms with Crippen LogP contribution in [0, 0.1) is 12.8 Å². The van der Waals surface area contributed by atoms with E-state index in [1.54, 1.807) is 0 Å². The molecule has 2 aromatic rings. The average Bonchev–Trinajstić information content (AvgIpc) is 2.65. The number of hydrogen-bond acceptors (Lipinski definition) is 3. The van der Waals surface area contributed by atoms with Crippen molar-refractivity contribution in [2.24, 2.45) is 5.92 Å². The van der Waals surface area contributed by atoms with Crippen LogP contribution >= 0.6 is 0 Å². The monoisotopic (exact) mass is 338 g/mol. The number of benzene rings is 2. The molecule has 25 heavy (non-hydrogen) atoms. The van der Waals surface area contributed by atoms with Crippen LogP contribution < -0.4 is 5.32 Å². The van der Waals surface area contributed by atoms with E-state index in [4.69, 9.17) is 0 Å². The summed E-state index contributed by atoms with van der Waals surface area (Å²) in [5.41, 5.74) is 2.97. The van der Waals surface area contributed by atoms with E-state index in [1.807, 2.05) is 61.5 Å². The summed E-state index contributed by atoms with van der Waals surface area (Å²) < 4.78 is 0. The number of nitrogens with zero attached hydrogens (tertiary/aromatic N) is 1. The molecule has 1 heterocycles. The molecule has 2 unspecified atom stereocenters. The van der Waals surface area contributed by atoms with E-state index in [0.717, 1.165) is 37.2 Å². The lowest BCUT2D eigenvalue weighted by molar-refractivity contribution is -0.122. The molecule has 1 amide bonds. The first-order chi connectivity index (χ1) is 12.2. The smallest absolute Gasteiger partial charge is 0.246 e. The van der Waals surface area contributed by atoms with Gasteiger partial charge in [0.2, 0.25) is 5.91 Å². The predicted molar refractivity (Wildman–Crippen MR) is 100 cm³/mol. The first-order valence-corrected chi connectivity index (χ1v) is 8.95. The third-order valence-corrected chi connectivity index (χ3v) is 4.86. The Labute approximate surface area is 149 Å². The molecule has 1 fully saturated rings. The van der Waals surface area contributed by atoms with Gasteiger partial charge in [-0.05, 0) is 49.9 Å². The zero-order chi connectivity index (χ0) is 17.6. The number of aliphatic hydroxyl groups is 1. The van der Waals surface area contributed by atoms with Crippen molar-refractivity contribution in [2.75, 3.05) is 25.0 Å². The highest BCUT2D eigenvalue weighted by Gasteiger charge is 2.31. The number of amides is 1. The number of nitrogens with one attached hydrogen (secondary N) is 1. The molecular formula is C21H26N2O2. The second-order valence-corrected chi connectivity index (χ2v) is 6.85. The van der Waals surface area contributed by atoms with Crippen molar-refractivity contribution in [2.45, 2.75) is 25.8 Å². The Bertz CT molecular complexity index is 685. The molecule has 2 aromatic carbocycles. The van der Waals surface area contributed by atoms with Crippen molar-refractivity contribution in [1.29, 1.82) is 0 Å². The zero-order valence-electron chi connectivity index (χ0n) is 14.7. The summed E-state index contributed by atoms with van der Waals surface area (Å²) >= 11 is 0. The van der Waals surface area contributed by atoms with Gasteiger partial charge in [-0.15, -0.1) is 0 Å². The van der Waals surface area contributed by atoms with Gasteiger partial charge in [0, 0.05) is 18.8 Å². The van der Waals surface area contributed by atoms with Gasteiger partial charge in [0.05, 0.1) is 0 Å². The van der Waals surface area contributed by atoms with E-state index in [9.17, 15) is 9.90 Å². The fourth-order valence-corrected chi connectivity index (χ4v) is 3.49. The number of aliphatic hydroxyl groups excluding tert-OH is 1. The predicted octanol–water partition coefficient (Wildman–Crippen LogP) is 3.38. The molecule has 0 aliphatic carbocycles. The first-order valence-electron chi connectivity index (χ1n) is 8.95. The highest BCUT2D eigenvalue weighted by atomic mass is 16.3. The number of piperidine rings is 1. The van der Waals surface area contributed by atoms with Crippen molar-refractivity contribution >= 4 is 11.6 Å². The number of aryl methyl sites for hydroxylation is 1. The molecule has 132 valence electrons. The largest absolute Gasteiger partial charge is 0.396 e. The fraction of sp³-hybridized carbons (Fsp3) is 0.381. The van der Waals surface area contributed by atoms with Gasteiger partial charge in [0.25, 0.3) is 0 Å². The van der Waals surface area contributed by atoms with Crippen molar-refractivity contribution in [1.82, 2.24) is 4.90 Å². The molecule has 0 aromatic heterocycles. The Hall–Kier alpha value is -2.17. The molecule has 1 saturated heterocycles. The topological polar surface area (TPSA) is 52.6 Å². The van der Waals surface area contributed by atoms with Crippen LogP contribution in [0.5, 0.6) is 0 Å². The minimum Gasteiger partial charge on any atom is -0.396 e. The van der Waals surface area contributed by atoms with Gasteiger partial charge in [0.15, 0.2) is 0 Å². The standard InChI is InChI=1S/C21H26N2O2/c1-16-9-11-19(12-10-16)22-21(25)20(18-7-3-2-4-8-18)23-13-5-6-17(14-23)15-24/h2-4,7-12,17,20,24H,5-6,13-15H2,1H3,(H,22,25). The normalized spacial score (nSPS) is 19.4. The van der Waals surface area contributed by atoms with Gasteiger partial charge in [0.1, 0.15) is 6.04 Å². The average molecular weight is 338 g/mol. The number of carbonyl (C=O) groups is 1. The van der Waals surface area contributed by atoms with E-state index >= 15 is 0 Å². The van der Waals surface area contributed by atoms with Crippen LogP contribution in [-0.4, -0.2) is 35.6 Å². The van der Waals surface area contributed by atoms with Crippen LogP contribution in [0.3, 0.4) is 0 Å². The second kappa shape index (κ2) is 8.28. The van der Waals surface area contributed by atoms with Crippen molar-refractivity contribution in [3.8, 4) is 0 Å². The number of carbonyl (C=O) groups excluding carboxylic acids is 1. The lowest BCUT2D eigenvalue weighted by Crippen LogP contribution is -2.44. The van der Waals surface area contributed by atoms with E-state index in [2.05, 4.69) is 10.2 Å². The number of likely N-dealkylation sites (tertiary alicyclic amines) is 1. The van der Waals surface area contributed by atoms with Crippen molar-refractivity contribution < 1.29 is 9.90 Å². The Morgan fingerprint density at radius 1 is 1.20 bits per heavy atom. The third kappa shape index (κ3) is 4.47. The summed E-state index contributed by atoms with van der Waals surface area (Å²) in [7, 11) is 0. The maximum atomic E-state index is 13.1. The molecule has 3 rings (SSSR count). The molecule has 4 nitrogen and oxygen atoms in total. The van der Waals surface area contributed by atoms with Gasteiger partial charge in [-0.25, -0.2) is 0 Å². The zero-order valence-corrected chi connectivity index (χ0v) is 14.7. The minimum atomic E-state index is -0.336. The SMILES string of the molecule is Cc1ccc(NC(=O)C(c2ccccc2)N2CCCC(CO)C2)cc1. The summed E-state index contributed by atoms with van der Waals surface area (Å²) in [5.74, 6) is 0.223. The second-order valence-electron chi connectivity index (χ2n) is 6.85. The van der Waals surface area contributed by atoms with E-state index in [0.29, 0.717) is 0 Å². The molecule has 1 aliphatic rings. The Balaban J connectivity index is 1.83. The summed E-state index contributed by atoms with van der Waals surface area (Å²) in [5, 5.41) is 12.6. The van der Waals surface area contributed by atoms with Gasteiger partial charge in [-0.3, -0.25) is 9.69 Å². The van der Waals surface area contributed by atoms with E-state index in [-0.39, 0.29) is 24.5 Å². The van der Waals surface area contributed by atoms with E-state index < -0.39 is 0 Å². The maximum absolute atomic E-state index is 13.1. The summed E-state index contributed by atoms with van der Waals surface area (Å²) in [6.45, 7) is 3.83. The van der Waals surface area contributed by atoms with Gasteiger partial charge >= 0.3 is 0 Å². The quantitative estimate of drug-likeness (QED) is 0.879. The minimum absolute atomic E-state index is 0.0198. The fourth-order valence-electron chi connectivity index (χ4n) is 3.49. The van der Waals surface area contributed by atoms with Crippen LogP contribution in [0.25, 0.3) is 0 Å². The van der Waals surface area contributed by atoms with Gasteiger partial charge in [-0.2, -0.15) is 0 Å². The van der Waals surface area contributed by atoms with Gasteiger partial charge < -0.3 is 10.4 Å². The maximum Gasteiger partial charge on any atom is 0.246 e. The first kappa shape index (κ1) is 17.6. The van der Waals surface area contributed by atoms with Crippen LogP contribution in [-0.2, 0) is 4.79 Å². The number of hydrogen-bond donors (Lipinski definition) is 2. The number of rotatable bonds is 5. The molecule has 1 aliphatic heterocycles. The Morgan fingerprint density at radius 3 is 2.60 bits per heavy atom. The summed E-state index contributed by atoms with van der Waals surface area (Å²) in [6, 6.07) is 17.4. The molecule has 4 heteroatoms. The number of anilines is 1. The van der Waals surface area contributed by atoms with E-state index in [1.165, 1.54) is 5.56 Å². The third-order valence-electron chi connectivity index (χ3n) is 4.86. The Morgan fingerprint density at radius 2 is 1.92 bits per heavy atom. The summed E-state index contributed by atoms with van der Waals surface area (Å²) in [4.78, 5) is 15.3. The van der Waals surface area contributed by atoms with Crippen LogP contribution in [0.4, 0.5) is 5.69 Å². The summed E-state index contributed by atoms with van der Waals surface area (Å²) in [6.07, 6.45) is 2.03. The Kier molecular flexibility index (Phi) is 5.84. The molecular weight excluding hydrogens is 312 g/mol. The molecule has 0 saturated carbocycles. The lowest BCUT2D eigenvalue weighted by Gasteiger charge is -2.37. The lowest BCUT2D eigenvalue weighted by atomic mass is 9.95. The highest BCUT2D eigenvalue weighted by molar-refractivity contribution is 5.95. The van der Waals surface area contributed by atoms with Crippen molar-refractivity contribution in [3.05, 3.63) is 65.7 Å². The molecule has 0 bridgehead atoms. The van der Waals surface area contributed by atoms with Crippen LogP contribution in [0.1, 0.15) is 30.0 Å².